The van der Waals surface area contributed by atoms with Crippen LogP contribution >= 0.6 is 7.60 Å². The van der Waals surface area contributed by atoms with Gasteiger partial charge in [-0.3, -0.25) is 23.7 Å². The zero-order valence-corrected chi connectivity index (χ0v) is 32.2. The lowest BCUT2D eigenvalue weighted by atomic mass is 9.78. The molecular formula is C38H50F4N5O7P. The van der Waals surface area contributed by atoms with Crippen molar-refractivity contribution in [3.05, 3.63) is 70.7 Å². The van der Waals surface area contributed by atoms with Gasteiger partial charge in [-0.1, -0.05) is 70.9 Å². The number of aromatic nitrogens is 1. The van der Waals surface area contributed by atoms with Gasteiger partial charge in [-0.05, 0) is 60.8 Å². The molecule has 7 N–H and O–H groups in total. The van der Waals surface area contributed by atoms with Crippen molar-refractivity contribution in [3.63, 3.8) is 0 Å². The molecule has 12 nitrogen and oxygen atoms in total. The van der Waals surface area contributed by atoms with Gasteiger partial charge >= 0.3 is 13.8 Å². The third kappa shape index (κ3) is 10.9. The van der Waals surface area contributed by atoms with Crippen molar-refractivity contribution >= 4 is 42.1 Å². The van der Waals surface area contributed by atoms with Crippen LogP contribution in [-0.2, 0) is 49.2 Å². The minimum atomic E-state index is -4.67. The quantitative estimate of drug-likeness (QED) is 0.0566. The molecular weight excluding hydrogens is 745 g/mol. The van der Waals surface area contributed by atoms with Gasteiger partial charge in [-0.25, -0.2) is 4.39 Å². The van der Waals surface area contributed by atoms with Crippen LogP contribution in [0.2, 0.25) is 0 Å². The zero-order valence-electron chi connectivity index (χ0n) is 31.3. The fourth-order valence-electron chi connectivity index (χ4n) is 6.87. The Hall–Kier alpha value is -4.27. The lowest BCUT2D eigenvalue weighted by Gasteiger charge is -2.39. The number of nitrogens with one attached hydrogen (secondary N) is 5. The predicted molar refractivity (Wildman–Crippen MR) is 198 cm³/mol. The van der Waals surface area contributed by atoms with E-state index in [2.05, 4.69) is 26.3 Å². The topological polar surface area (TPSA) is 190 Å². The first-order valence-electron chi connectivity index (χ1n) is 18.5. The number of amides is 4. The molecule has 1 heterocycles. The summed E-state index contributed by atoms with van der Waals surface area (Å²) in [7, 11) is -4.21. The summed E-state index contributed by atoms with van der Waals surface area (Å²) in [6.07, 6.45) is -4.34. The second-order valence-corrected chi connectivity index (χ2v) is 16.3. The molecule has 0 saturated heterocycles. The summed E-state index contributed by atoms with van der Waals surface area (Å²) in [6, 6.07) is 7.14. The van der Waals surface area contributed by atoms with E-state index in [0.717, 1.165) is 6.07 Å². The minimum absolute atomic E-state index is 0.0580. The van der Waals surface area contributed by atoms with Gasteiger partial charge < -0.3 is 36.0 Å². The third-order valence-corrected chi connectivity index (χ3v) is 11.4. The van der Waals surface area contributed by atoms with E-state index < -0.39 is 78.2 Å². The number of halogens is 4. The number of aryl methyl sites for hydroxylation is 1. The normalized spacial score (nSPS) is 18.1. The van der Waals surface area contributed by atoms with Crippen LogP contribution in [0.1, 0.15) is 82.2 Å². The first-order chi connectivity index (χ1) is 25.8. The van der Waals surface area contributed by atoms with Gasteiger partial charge in [0.15, 0.2) is 0 Å². The number of fused-ring (bicyclic) bond motifs is 3. The van der Waals surface area contributed by atoms with Crippen molar-refractivity contribution in [2.45, 2.75) is 103 Å². The third-order valence-electron chi connectivity index (χ3n) is 10.5. The molecule has 0 aliphatic heterocycles. The fraction of sp³-hybridized carbons (Fsp3) is 0.526. The fourth-order valence-corrected chi connectivity index (χ4v) is 7.50. The lowest BCUT2D eigenvalue weighted by molar-refractivity contribution is -0.139. The summed E-state index contributed by atoms with van der Waals surface area (Å²) in [6.45, 7) is 7.15. The van der Waals surface area contributed by atoms with Crippen LogP contribution in [0.5, 0.6) is 0 Å². The summed E-state index contributed by atoms with van der Waals surface area (Å²) < 4.78 is 67.7. The number of carbonyl (C=O) groups is 4. The number of hydrogen-bond acceptors (Lipinski definition) is 5. The van der Waals surface area contributed by atoms with E-state index in [-0.39, 0.29) is 67.7 Å². The molecule has 302 valence electrons. The SMILES string of the molecule is CCC(C)C(NC(=O)Cc1ccccc1F)C(=O)NC1(C(=O)NC(C(=O)NCCCCP(=O)(O)O)C(C)CC)CCc2[nH]c3c(C(F)(F)F)cccc3c2C1. The molecule has 0 spiro atoms. The maximum atomic E-state index is 14.6. The number of benzene rings is 2. The van der Waals surface area contributed by atoms with Crippen LogP contribution in [0.3, 0.4) is 0 Å². The second-order valence-electron chi connectivity index (χ2n) is 14.5. The summed E-state index contributed by atoms with van der Waals surface area (Å²) in [5.74, 6) is -4.16. The molecule has 0 fully saturated rings. The first-order valence-corrected chi connectivity index (χ1v) is 20.3. The van der Waals surface area contributed by atoms with Gasteiger partial charge in [-0.15, -0.1) is 0 Å². The summed E-state index contributed by atoms with van der Waals surface area (Å²) >= 11 is 0. The van der Waals surface area contributed by atoms with Crippen molar-refractivity contribution in [2.24, 2.45) is 11.8 Å². The number of alkyl halides is 3. The van der Waals surface area contributed by atoms with E-state index >= 15 is 0 Å². The molecule has 4 rings (SSSR count). The standard InChI is InChI=1S/C38H50F4N5O7P/c1-5-22(3)31(34(49)43-18-9-10-19-55(52,53)54)46-36(51)37(17-16-29-26(21-37)25-13-11-14-27(33(25)44-29)38(40,41)42)47-35(50)32(23(4)6-2)45-30(48)20-24-12-7-8-15-28(24)39/h7-8,11-15,22-23,31-32,44H,5-6,9-10,16-21H2,1-4H3,(H,43,49)(H,45,48)(H,46,51)(H,47,50)(H2,52,53,54). The van der Waals surface area contributed by atoms with Gasteiger partial charge in [0.25, 0.3) is 0 Å². The lowest BCUT2D eigenvalue weighted by Crippen LogP contribution is -2.67. The Bertz CT molecular complexity index is 1920. The Balaban J connectivity index is 1.68. The van der Waals surface area contributed by atoms with Crippen molar-refractivity contribution in [3.8, 4) is 0 Å². The molecule has 1 aliphatic carbocycles. The zero-order chi connectivity index (χ0) is 40.7. The van der Waals surface area contributed by atoms with Crippen molar-refractivity contribution in [1.82, 2.24) is 26.3 Å². The molecule has 5 unspecified atom stereocenters. The average molecular weight is 796 g/mol. The highest BCUT2D eigenvalue weighted by Crippen LogP contribution is 2.40. The Kier molecular flexibility index (Phi) is 14.3. The van der Waals surface area contributed by atoms with Crippen LogP contribution in [-0.4, -0.2) is 68.7 Å². The molecule has 17 heteroatoms. The van der Waals surface area contributed by atoms with E-state index in [0.29, 0.717) is 24.1 Å². The van der Waals surface area contributed by atoms with Crippen molar-refractivity contribution in [1.29, 1.82) is 0 Å². The van der Waals surface area contributed by atoms with Crippen LogP contribution in [0.25, 0.3) is 10.9 Å². The van der Waals surface area contributed by atoms with Crippen molar-refractivity contribution in [2.75, 3.05) is 12.7 Å². The number of rotatable bonds is 17. The Morgan fingerprint density at radius 3 is 2.20 bits per heavy atom. The highest BCUT2D eigenvalue weighted by Gasteiger charge is 2.47. The Morgan fingerprint density at radius 2 is 1.58 bits per heavy atom. The Morgan fingerprint density at radius 1 is 0.927 bits per heavy atom. The molecule has 0 saturated carbocycles. The number of para-hydroxylation sites is 1. The van der Waals surface area contributed by atoms with E-state index in [9.17, 15) is 41.3 Å². The van der Waals surface area contributed by atoms with Gasteiger partial charge in [0.2, 0.25) is 23.6 Å². The molecule has 5 atom stereocenters. The second kappa shape index (κ2) is 18.1. The minimum Gasteiger partial charge on any atom is -0.358 e. The summed E-state index contributed by atoms with van der Waals surface area (Å²) in [5, 5.41) is 11.3. The summed E-state index contributed by atoms with van der Waals surface area (Å²) in [5.41, 5.74) is -1.86. The van der Waals surface area contributed by atoms with Crippen LogP contribution in [0.4, 0.5) is 17.6 Å². The van der Waals surface area contributed by atoms with E-state index in [1.54, 1.807) is 26.8 Å². The average Bonchev–Trinajstić information content (AvgIpc) is 3.49. The molecule has 3 aromatic rings. The molecule has 1 aromatic heterocycles. The van der Waals surface area contributed by atoms with Crippen LogP contribution < -0.4 is 21.3 Å². The molecule has 55 heavy (non-hydrogen) atoms. The van der Waals surface area contributed by atoms with E-state index in [1.807, 2.05) is 6.92 Å². The van der Waals surface area contributed by atoms with E-state index in [1.165, 1.54) is 30.3 Å². The number of carbonyl (C=O) groups excluding carboxylic acids is 4. The predicted octanol–water partition coefficient (Wildman–Crippen LogP) is 5.05. The maximum Gasteiger partial charge on any atom is 0.418 e. The van der Waals surface area contributed by atoms with Gasteiger partial charge in [0, 0.05) is 30.2 Å². The number of aromatic amines is 1. The monoisotopic (exact) mass is 795 g/mol. The van der Waals surface area contributed by atoms with Gasteiger partial charge in [0.05, 0.1) is 17.5 Å². The maximum absolute atomic E-state index is 14.6. The molecule has 0 radical (unpaired) electrons. The van der Waals surface area contributed by atoms with Gasteiger partial charge in [0.1, 0.15) is 23.4 Å². The highest BCUT2D eigenvalue weighted by atomic mass is 31.2. The molecule has 0 bridgehead atoms. The highest BCUT2D eigenvalue weighted by molar-refractivity contribution is 7.51. The molecule has 1 aliphatic rings. The van der Waals surface area contributed by atoms with Crippen molar-refractivity contribution < 1.29 is 51.1 Å². The number of H-pyrrole nitrogens is 1. The van der Waals surface area contributed by atoms with Crippen LogP contribution in [0.15, 0.2) is 42.5 Å². The molecule has 4 amide bonds. The Labute approximate surface area is 317 Å². The number of hydrogen-bond donors (Lipinski definition) is 7. The van der Waals surface area contributed by atoms with E-state index in [4.69, 9.17) is 9.79 Å². The smallest absolute Gasteiger partial charge is 0.358 e. The largest absolute Gasteiger partial charge is 0.418 e. The summed E-state index contributed by atoms with van der Waals surface area (Å²) in [4.78, 5) is 76.7. The number of unbranched alkanes of at least 4 members (excludes halogenated alkanes) is 1. The van der Waals surface area contributed by atoms with Gasteiger partial charge in [-0.2, -0.15) is 13.2 Å². The first kappa shape index (κ1) is 43.5. The van der Waals surface area contributed by atoms with Crippen LogP contribution in [0, 0.1) is 17.7 Å². The molecule has 2 aromatic carbocycles.